The average molecular weight is 112 g/mol. The molecule has 0 unspecified atom stereocenters. The molecule has 0 aromatic carbocycles. The van der Waals surface area contributed by atoms with Gasteiger partial charge in [-0.1, -0.05) is 0 Å². The molecule has 0 amide bonds. The van der Waals surface area contributed by atoms with Crippen molar-refractivity contribution in [3.05, 3.63) is 0 Å². The van der Waals surface area contributed by atoms with E-state index in [2.05, 4.69) is 15.5 Å². The van der Waals surface area contributed by atoms with Gasteiger partial charge in [-0.25, -0.2) is 0 Å². The SMILES string of the molecule is CCOC#COB=O. The summed E-state index contributed by atoms with van der Waals surface area (Å²) in [6.07, 6.45) is 4.13. The summed E-state index contributed by atoms with van der Waals surface area (Å²) in [5, 5.41) is 0. The summed E-state index contributed by atoms with van der Waals surface area (Å²) < 4.78 is 17.8. The summed E-state index contributed by atoms with van der Waals surface area (Å²) in [5.41, 5.74) is 0. The van der Waals surface area contributed by atoms with Crippen LogP contribution in [0, 0.1) is 12.2 Å². The third kappa shape index (κ3) is 5.02. The second-order valence-corrected chi connectivity index (χ2v) is 0.851. The minimum atomic E-state index is 0.242. The van der Waals surface area contributed by atoms with Gasteiger partial charge in [0.05, 0.1) is 0 Å². The first-order valence-corrected chi connectivity index (χ1v) is 2.13. The van der Waals surface area contributed by atoms with Gasteiger partial charge in [0.25, 0.3) is 0 Å². The third-order valence-corrected chi connectivity index (χ3v) is 0.365. The Hall–Kier alpha value is -0.975. The van der Waals surface area contributed by atoms with E-state index in [1.807, 2.05) is 6.11 Å². The van der Waals surface area contributed by atoms with Crippen LogP contribution in [0.4, 0.5) is 0 Å². The second kappa shape index (κ2) is 6.02. The van der Waals surface area contributed by atoms with Crippen LogP contribution in [0.2, 0.25) is 0 Å². The molecular formula is C4H5BO3. The van der Waals surface area contributed by atoms with Crippen molar-refractivity contribution >= 4 is 7.35 Å². The molecule has 4 heteroatoms. The zero-order valence-corrected chi connectivity index (χ0v) is 4.51. The van der Waals surface area contributed by atoms with E-state index in [1.54, 1.807) is 6.92 Å². The Kier molecular flexibility index (Phi) is 5.29. The molecule has 8 heavy (non-hydrogen) atoms. The molecular weight excluding hydrogens is 107 g/mol. The maximum atomic E-state index is 9.39. The van der Waals surface area contributed by atoms with Gasteiger partial charge in [-0.2, -0.15) is 0 Å². The van der Waals surface area contributed by atoms with E-state index in [4.69, 9.17) is 0 Å². The van der Waals surface area contributed by atoms with E-state index in [-0.39, 0.29) is 7.35 Å². The monoisotopic (exact) mass is 112 g/mol. The first-order chi connectivity index (χ1) is 3.91. The molecule has 0 bridgehead atoms. The number of hydrogen-bond acceptors (Lipinski definition) is 3. The topological polar surface area (TPSA) is 35.5 Å². The third-order valence-electron chi connectivity index (χ3n) is 0.365. The molecule has 0 radical (unpaired) electrons. The zero-order valence-electron chi connectivity index (χ0n) is 4.51. The van der Waals surface area contributed by atoms with E-state index >= 15 is 0 Å². The van der Waals surface area contributed by atoms with Crippen LogP contribution in [0.25, 0.3) is 0 Å². The van der Waals surface area contributed by atoms with Gasteiger partial charge in [0.15, 0.2) is 0 Å². The predicted octanol–water partition coefficient (Wildman–Crippen LogP) is -0.0774. The van der Waals surface area contributed by atoms with Crippen molar-refractivity contribution in [2.45, 2.75) is 6.92 Å². The van der Waals surface area contributed by atoms with Crippen LogP contribution in [-0.2, 0) is 14.1 Å². The van der Waals surface area contributed by atoms with Gasteiger partial charge in [0.2, 0.25) is 0 Å². The normalized spacial score (nSPS) is 5.62. The van der Waals surface area contributed by atoms with Gasteiger partial charge >= 0.3 is 47.2 Å². The zero-order chi connectivity index (χ0) is 6.24. The molecule has 0 rings (SSSR count). The van der Waals surface area contributed by atoms with Crippen molar-refractivity contribution in [3.8, 4) is 12.2 Å². The Morgan fingerprint density at radius 3 is 2.88 bits per heavy atom. The summed E-state index contributed by atoms with van der Waals surface area (Å²) in [4.78, 5) is 0. The van der Waals surface area contributed by atoms with Crippen molar-refractivity contribution in [1.82, 2.24) is 0 Å². The molecule has 0 aromatic heterocycles. The molecule has 0 aliphatic rings. The van der Waals surface area contributed by atoms with Crippen molar-refractivity contribution in [3.63, 3.8) is 0 Å². The van der Waals surface area contributed by atoms with Gasteiger partial charge in [-0.05, 0) is 0 Å². The molecule has 0 atom stereocenters. The Morgan fingerprint density at radius 2 is 2.38 bits per heavy atom. The maximum absolute atomic E-state index is 9.39. The van der Waals surface area contributed by atoms with E-state index in [0.29, 0.717) is 6.61 Å². The summed E-state index contributed by atoms with van der Waals surface area (Å²) >= 11 is 0. The number of rotatable bonds is 2. The van der Waals surface area contributed by atoms with Crippen molar-refractivity contribution in [1.29, 1.82) is 0 Å². The van der Waals surface area contributed by atoms with Crippen molar-refractivity contribution in [2.24, 2.45) is 0 Å². The van der Waals surface area contributed by atoms with Crippen LogP contribution in [0.3, 0.4) is 0 Å². The first-order valence-electron chi connectivity index (χ1n) is 2.13. The Morgan fingerprint density at radius 1 is 1.62 bits per heavy atom. The average Bonchev–Trinajstić information content (AvgIpc) is 1.81. The summed E-state index contributed by atoms with van der Waals surface area (Å²) in [5.74, 6) is 0. The van der Waals surface area contributed by atoms with Crippen LogP contribution < -0.4 is 0 Å². The molecule has 3 nitrogen and oxygen atoms in total. The number of ether oxygens (including phenoxy) is 1. The fourth-order valence-corrected chi connectivity index (χ4v) is 0.150. The fraction of sp³-hybridized carbons (Fsp3) is 0.500. The molecule has 0 aliphatic carbocycles. The molecule has 0 N–H and O–H groups in total. The van der Waals surface area contributed by atoms with Gasteiger partial charge in [-0.3, -0.25) is 0 Å². The molecule has 0 saturated carbocycles. The molecule has 0 spiro atoms. The molecule has 42 valence electrons. The van der Waals surface area contributed by atoms with Crippen LogP contribution >= 0.6 is 0 Å². The fourth-order valence-electron chi connectivity index (χ4n) is 0.150. The van der Waals surface area contributed by atoms with Gasteiger partial charge in [0.1, 0.15) is 0 Å². The van der Waals surface area contributed by atoms with Gasteiger partial charge in [0, 0.05) is 0 Å². The summed E-state index contributed by atoms with van der Waals surface area (Å²) in [7, 11) is 0.242. The molecule has 0 aromatic rings. The standard InChI is InChI=1S/C4H5BO3/c1-2-7-3-4-8-5-6/h2H2,1H3. The van der Waals surface area contributed by atoms with E-state index < -0.39 is 0 Å². The van der Waals surface area contributed by atoms with E-state index in [1.165, 1.54) is 0 Å². The molecule has 0 heterocycles. The van der Waals surface area contributed by atoms with Gasteiger partial charge in [-0.15, -0.1) is 0 Å². The quantitative estimate of drug-likeness (QED) is 0.370. The van der Waals surface area contributed by atoms with Crippen LogP contribution in [0.15, 0.2) is 0 Å². The summed E-state index contributed by atoms with van der Waals surface area (Å²) in [6, 6.07) is 0. The Balaban J connectivity index is 3.07. The van der Waals surface area contributed by atoms with Crippen molar-refractivity contribution < 1.29 is 14.1 Å². The van der Waals surface area contributed by atoms with Crippen LogP contribution in [0.1, 0.15) is 6.92 Å². The van der Waals surface area contributed by atoms with E-state index in [0.717, 1.165) is 0 Å². The first kappa shape index (κ1) is 7.02. The predicted molar refractivity (Wildman–Crippen MR) is 26.9 cm³/mol. The molecule has 0 fully saturated rings. The second-order valence-electron chi connectivity index (χ2n) is 0.851. The summed E-state index contributed by atoms with van der Waals surface area (Å²) in [6.45, 7) is 2.28. The van der Waals surface area contributed by atoms with Crippen molar-refractivity contribution in [2.75, 3.05) is 6.61 Å². The number of hydrogen-bond donors (Lipinski definition) is 0. The Bertz CT molecular complexity index is 112. The van der Waals surface area contributed by atoms with Gasteiger partial charge < -0.3 is 0 Å². The minimum absolute atomic E-state index is 0.242. The van der Waals surface area contributed by atoms with Crippen LogP contribution in [-0.4, -0.2) is 14.0 Å². The Labute approximate surface area is 48.3 Å². The molecule has 0 aliphatic heterocycles. The molecule has 0 saturated heterocycles. The van der Waals surface area contributed by atoms with E-state index in [9.17, 15) is 4.70 Å². The van der Waals surface area contributed by atoms with Crippen LogP contribution in [0.5, 0.6) is 0 Å².